The van der Waals surface area contributed by atoms with Crippen molar-refractivity contribution in [3.05, 3.63) is 78.4 Å². The first-order chi connectivity index (χ1) is 8.81. The minimum atomic E-state index is -0.126. The van der Waals surface area contributed by atoms with E-state index in [2.05, 4.69) is 12.6 Å². The highest BCUT2D eigenvalue weighted by molar-refractivity contribution is 5.64. The smallest absolute Gasteiger partial charge is 0.0753 e. The molecular formula is C17H15N. The molecule has 0 saturated carbocycles. The molecule has 0 bridgehead atoms. The van der Waals surface area contributed by atoms with Crippen LogP contribution in [-0.2, 0) is 0 Å². The van der Waals surface area contributed by atoms with E-state index in [0.717, 1.165) is 16.7 Å². The molecule has 1 atom stereocenters. The highest BCUT2D eigenvalue weighted by atomic mass is 14.3. The molecule has 1 nitrogen and oxygen atoms in total. The molecule has 0 radical (unpaired) electrons. The second-order valence-electron chi connectivity index (χ2n) is 4.27. The fourth-order valence-corrected chi connectivity index (χ4v) is 1.96. The number of hydrogen-bond acceptors (Lipinski definition) is 1. The SMILES string of the molecule is C=C(CC(C#N)c1ccccc1)c1ccccc1. The van der Waals surface area contributed by atoms with Crippen LogP contribution in [0.2, 0.25) is 0 Å². The van der Waals surface area contributed by atoms with Crippen LogP contribution in [0.1, 0.15) is 23.5 Å². The highest BCUT2D eigenvalue weighted by Gasteiger charge is 2.12. The van der Waals surface area contributed by atoms with E-state index in [1.807, 2.05) is 60.7 Å². The van der Waals surface area contributed by atoms with E-state index in [-0.39, 0.29) is 5.92 Å². The average molecular weight is 233 g/mol. The molecule has 2 aromatic carbocycles. The maximum absolute atomic E-state index is 9.28. The van der Waals surface area contributed by atoms with Gasteiger partial charge in [-0.2, -0.15) is 5.26 Å². The van der Waals surface area contributed by atoms with Crippen molar-refractivity contribution in [2.45, 2.75) is 12.3 Å². The Kier molecular flexibility index (Phi) is 3.94. The first kappa shape index (κ1) is 12.1. The fourth-order valence-electron chi connectivity index (χ4n) is 1.96. The van der Waals surface area contributed by atoms with Crippen molar-refractivity contribution in [3.63, 3.8) is 0 Å². The molecule has 0 aromatic heterocycles. The van der Waals surface area contributed by atoms with Crippen LogP contribution < -0.4 is 0 Å². The van der Waals surface area contributed by atoms with Gasteiger partial charge in [0, 0.05) is 0 Å². The van der Waals surface area contributed by atoms with Crippen LogP contribution in [0.5, 0.6) is 0 Å². The summed E-state index contributed by atoms with van der Waals surface area (Å²) in [6.45, 7) is 4.09. The normalized spacial score (nSPS) is 11.5. The van der Waals surface area contributed by atoms with Gasteiger partial charge in [0.15, 0.2) is 0 Å². The summed E-state index contributed by atoms with van der Waals surface area (Å²) in [4.78, 5) is 0. The first-order valence-electron chi connectivity index (χ1n) is 5.99. The molecule has 0 amide bonds. The third-order valence-corrected chi connectivity index (χ3v) is 2.99. The Morgan fingerprint density at radius 1 is 1.00 bits per heavy atom. The van der Waals surface area contributed by atoms with Gasteiger partial charge in [-0.3, -0.25) is 0 Å². The molecule has 0 aliphatic rings. The monoisotopic (exact) mass is 233 g/mol. The highest BCUT2D eigenvalue weighted by Crippen LogP contribution is 2.27. The maximum Gasteiger partial charge on any atom is 0.0753 e. The van der Waals surface area contributed by atoms with Gasteiger partial charge in [-0.05, 0) is 23.1 Å². The largest absolute Gasteiger partial charge is 0.198 e. The minimum Gasteiger partial charge on any atom is -0.198 e. The second-order valence-corrected chi connectivity index (χ2v) is 4.27. The molecule has 18 heavy (non-hydrogen) atoms. The van der Waals surface area contributed by atoms with E-state index < -0.39 is 0 Å². The Bertz CT molecular complexity index is 549. The Morgan fingerprint density at radius 2 is 1.56 bits per heavy atom. The molecule has 2 rings (SSSR count). The quantitative estimate of drug-likeness (QED) is 0.768. The van der Waals surface area contributed by atoms with Crippen molar-refractivity contribution in [1.29, 1.82) is 5.26 Å². The summed E-state index contributed by atoms with van der Waals surface area (Å²) < 4.78 is 0. The van der Waals surface area contributed by atoms with Crippen LogP contribution in [0.4, 0.5) is 0 Å². The molecule has 1 heteroatoms. The molecule has 0 fully saturated rings. The number of nitriles is 1. The van der Waals surface area contributed by atoms with Crippen LogP contribution in [0.3, 0.4) is 0 Å². The van der Waals surface area contributed by atoms with Gasteiger partial charge in [0.2, 0.25) is 0 Å². The molecule has 0 N–H and O–H groups in total. The molecule has 0 saturated heterocycles. The maximum atomic E-state index is 9.28. The average Bonchev–Trinajstić information content (AvgIpc) is 2.46. The standard InChI is InChI=1S/C17H15N/c1-14(15-8-4-2-5-9-15)12-17(13-18)16-10-6-3-7-11-16/h2-11,17H,1,12H2. The third-order valence-electron chi connectivity index (χ3n) is 2.99. The Morgan fingerprint density at radius 3 is 2.11 bits per heavy atom. The fraction of sp³-hybridized carbons (Fsp3) is 0.118. The van der Waals surface area contributed by atoms with Gasteiger partial charge >= 0.3 is 0 Å². The predicted octanol–water partition coefficient (Wildman–Crippen LogP) is 4.40. The van der Waals surface area contributed by atoms with Gasteiger partial charge in [-0.25, -0.2) is 0 Å². The van der Waals surface area contributed by atoms with Crippen LogP contribution in [-0.4, -0.2) is 0 Å². The molecule has 2 aromatic rings. The van der Waals surface area contributed by atoms with Gasteiger partial charge in [0.05, 0.1) is 12.0 Å². The molecule has 0 spiro atoms. The van der Waals surface area contributed by atoms with Crippen LogP contribution in [0.15, 0.2) is 67.2 Å². The number of nitrogens with zero attached hydrogens (tertiary/aromatic N) is 1. The summed E-state index contributed by atoms with van der Waals surface area (Å²) in [5.74, 6) is -0.126. The lowest BCUT2D eigenvalue weighted by molar-refractivity contribution is 0.892. The number of hydrogen-bond donors (Lipinski definition) is 0. The Hall–Kier alpha value is -2.33. The van der Waals surface area contributed by atoms with Crippen molar-refractivity contribution in [3.8, 4) is 6.07 Å². The van der Waals surface area contributed by atoms with Crippen molar-refractivity contribution in [2.75, 3.05) is 0 Å². The second kappa shape index (κ2) is 5.84. The van der Waals surface area contributed by atoms with Crippen LogP contribution >= 0.6 is 0 Å². The lowest BCUT2D eigenvalue weighted by Gasteiger charge is -2.11. The van der Waals surface area contributed by atoms with E-state index >= 15 is 0 Å². The zero-order valence-electron chi connectivity index (χ0n) is 10.2. The Labute approximate surface area is 108 Å². The molecule has 0 aliphatic carbocycles. The third kappa shape index (κ3) is 2.87. The summed E-state index contributed by atoms with van der Waals surface area (Å²) in [5, 5.41) is 9.28. The van der Waals surface area contributed by atoms with Gasteiger partial charge in [-0.15, -0.1) is 0 Å². The molecule has 0 aliphatic heterocycles. The van der Waals surface area contributed by atoms with E-state index in [1.165, 1.54) is 0 Å². The van der Waals surface area contributed by atoms with Crippen molar-refractivity contribution >= 4 is 5.57 Å². The zero-order chi connectivity index (χ0) is 12.8. The van der Waals surface area contributed by atoms with Crippen LogP contribution in [0.25, 0.3) is 5.57 Å². The predicted molar refractivity (Wildman–Crippen MR) is 74.9 cm³/mol. The molecule has 88 valence electrons. The Balaban J connectivity index is 2.14. The topological polar surface area (TPSA) is 23.8 Å². The van der Waals surface area contributed by atoms with Crippen LogP contribution in [0, 0.1) is 11.3 Å². The van der Waals surface area contributed by atoms with Crippen molar-refractivity contribution in [2.24, 2.45) is 0 Å². The number of benzene rings is 2. The van der Waals surface area contributed by atoms with Crippen molar-refractivity contribution < 1.29 is 0 Å². The van der Waals surface area contributed by atoms with E-state index in [1.54, 1.807) is 0 Å². The summed E-state index contributed by atoms with van der Waals surface area (Å²) in [6.07, 6.45) is 0.671. The van der Waals surface area contributed by atoms with Gasteiger partial charge < -0.3 is 0 Å². The summed E-state index contributed by atoms with van der Waals surface area (Å²) in [6, 6.07) is 22.3. The minimum absolute atomic E-state index is 0.126. The first-order valence-corrected chi connectivity index (χ1v) is 5.99. The lowest BCUT2D eigenvalue weighted by atomic mass is 9.91. The van der Waals surface area contributed by atoms with Crippen molar-refractivity contribution in [1.82, 2.24) is 0 Å². The number of rotatable bonds is 4. The van der Waals surface area contributed by atoms with E-state index in [0.29, 0.717) is 6.42 Å². The molecule has 0 heterocycles. The van der Waals surface area contributed by atoms with Gasteiger partial charge in [-0.1, -0.05) is 67.2 Å². The molecule has 1 unspecified atom stereocenters. The summed E-state index contributed by atoms with van der Waals surface area (Å²) >= 11 is 0. The molecular weight excluding hydrogens is 218 g/mol. The summed E-state index contributed by atoms with van der Waals surface area (Å²) in [7, 11) is 0. The van der Waals surface area contributed by atoms with E-state index in [9.17, 15) is 5.26 Å². The van der Waals surface area contributed by atoms with Gasteiger partial charge in [0.1, 0.15) is 0 Å². The lowest BCUT2D eigenvalue weighted by Crippen LogP contribution is -1.97. The number of allylic oxidation sites excluding steroid dienone is 1. The zero-order valence-corrected chi connectivity index (χ0v) is 10.2. The summed E-state index contributed by atoms with van der Waals surface area (Å²) in [5.41, 5.74) is 3.16. The van der Waals surface area contributed by atoms with Gasteiger partial charge in [0.25, 0.3) is 0 Å². The van der Waals surface area contributed by atoms with E-state index in [4.69, 9.17) is 0 Å².